The highest BCUT2D eigenvalue weighted by Gasteiger charge is 2.29. The van der Waals surface area contributed by atoms with Crippen LogP contribution in [0.15, 0.2) is 70.9 Å². The topological polar surface area (TPSA) is 185 Å². The highest BCUT2D eigenvalue weighted by Crippen LogP contribution is 2.22. The van der Waals surface area contributed by atoms with E-state index in [2.05, 4.69) is 26.0 Å². The maximum atomic E-state index is 12.2. The van der Waals surface area contributed by atoms with Crippen molar-refractivity contribution in [2.75, 3.05) is 17.7 Å². The van der Waals surface area contributed by atoms with Crippen molar-refractivity contribution in [3.8, 4) is 5.69 Å². The number of para-hydroxylation sites is 2. The third-order valence-electron chi connectivity index (χ3n) is 4.97. The minimum absolute atomic E-state index is 0.0705. The lowest BCUT2D eigenvalue weighted by Gasteiger charge is -2.23. The van der Waals surface area contributed by atoms with Gasteiger partial charge in [-0.2, -0.15) is 5.10 Å². The first kappa shape index (κ1) is 27.3. The van der Waals surface area contributed by atoms with Crippen molar-refractivity contribution in [1.82, 2.24) is 20.2 Å². The summed E-state index contributed by atoms with van der Waals surface area (Å²) < 4.78 is 1.84. The molecule has 0 spiro atoms. The van der Waals surface area contributed by atoms with Gasteiger partial charge in [0.2, 0.25) is 0 Å². The van der Waals surface area contributed by atoms with Crippen LogP contribution in [0.4, 0.5) is 5.69 Å². The summed E-state index contributed by atoms with van der Waals surface area (Å²) >= 11 is 1.13. The van der Waals surface area contributed by atoms with E-state index in [0.29, 0.717) is 17.5 Å². The molecule has 0 aliphatic carbocycles. The number of anilines is 1. The Morgan fingerprint density at radius 3 is 2.33 bits per heavy atom. The quantitative estimate of drug-likeness (QED) is 0.0888. The average Bonchev–Trinajstić information content (AvgIpc) is 3.33. The minimum atomic E-state index is -1.81. The summed E-state index contributed by atoms with van der Waals surface area (Å²) in [6.07, 6.45) is -6.12. The van der Waals surface area contributed by atoms with Gasteiger partial charge in [-0.15, -0.1) is 10.2 Å². The predicted molar refractivity (Wildman–Crippen MR) is 134 cm³/mol. The van der Waals surface area contributed by atoms with Crippen molar-refractivity contribution < 1.29 is 30.3 Å². The van der Waals surface area contributed by atoms with Crippen molar-refractivity contribution in [1.29, 1.82) is 0 Å². The molecule has 1 heterocycles. The number of thioether (sulfide) groups is 1. The molecule has 7 N–H and O–H groups in total. The molecule has 0 aliphatic rings. The van der Waals surface area contributed by atoms with Gasteiger partial charge in [0.15, 0.2) is 11.0 Å². The number of amides is 1. The second-order valence-electron chi connectivity index (χ2n) is 7.61. The van der Waals surface area contributed by atoms with Crippen LogP contribution in [0.2, 0.25) is 0 Å². The summed E-state index contributed by atoms with van der Waals surface area (Å²) in [5.74, 6) is 0.0611. The van der Waals surface area contributed by atoms with Crippen LogP contribution in [0.5, 0.6) is 0 Å². The smallest absolute Gasteiger partial charge is 0.250 e. The van der Waals surface area contributed by atoms with E-state index in [-0.39, 0.29) is 5.75 Å². The van der Waals surface area contributed by atoms with E-state index < -0.39 is 36.9 Å². The van der Waals surface area contributed by atoms with E-state index in [4.69, 9.17) is 5.11 Å². The van der Waals surface area contributed by atoms with E-state index in [1.54, 1.807) is 0 Å². The number of carbonyl (C=O) groups excluding carboxylic acids is 1. The Hall–Kier alpha value is -3.33. The van der Waals surface area contributed by atoms with Gasteiger partial charge in [-0.1, -0.05) is 48.2 Å². The van der Waals surface area contributed by atoms with E-state index in [1.807, 2.05) is 65.2 Å². The molecule has 1 amide bonds. The monoisotopic (exact) mass is 516 g/mol. The van der Waals surface area contributed by atoms with Crippen molar-refractivity contribution in [3.63, 3.8) is 0 Å². The highest BCUT2D eigenvalue weighted by atomic mass is 32.2. The lowest BCUT2D eigenvalue weighted by atomic mass is 10.0. The second kappa shape index (κ2) is 13.7. The molecular formula is C23H28N6O6S. The molecule has 1 aromatic heterocycles. The molecule has 0 unspecified atom stereocenters. The van der Waals surface area contributed by atoms with Crippen LogP contribution in [0.1, 0.15) is 5.82 Å². The summed E-state index contributed by atoms with van der Waals surface area (Å²) in [7, 11) is 0. The normalized spacial score (nSPS) is 14.8. The minimum Gasteiger partial charge on any atom is -0.394 e. The number of nitrogens with zero attached hydrogens (tertiary/aromatic N) is 4. The highest BCUT2D eigenvalue weighted by molar-refractivity contribution is 7.99. The fraction of sp³-hybridized carbons (Fsp3) is 0.304. The summed E-state index contributed by atoms with van der Waals surface area (Å²) in [5.41, 5.74) is 3.96. The van der Waals surface area contributed by atoms with Gasteiger partial charge < -0.3 is 30.8 Å². The van der Waals surface area contributed by atoms with Crippen LogP contribution in [-0.2, 0) is 11.3 Å². The third-order valence-corrected chi connectivity index (χ3v) is 5.90. The van der Waals surface area contributed by atoms with Gasteiger partial charge in [-0.3, -0.25) is 9.36 Å². The number of hydrogen-bond acceptors (Lipinski definition) is 11. The van der Waals surface area contributed by atoms with Gasteiger partial charge in [-0.25, -0.2) is 5.43 Å². The number of aliphatic hydroxyl groups excluding tert-OH is 5. The van der Waals surface area contributed by atoms with Gasteiger partial charge in [-0.05, 0) is 24.3 Å². The average molecular weight is 517 g/mol. The zero-order valence-corrected chi connectivity index (χ0v) is 19.9. The second-order valence-corrected chi connectivity index (χ2v) is 8.56. The molecule has 0 radical (unpaired) electrons. The van der Waals surface area contributed by atoms with Crippen molar-refractivity contribution in [2.24, 2.45) is 5.10 Å². The Labute approximate surface area is 211 Å². The molecule has 13 heteroatoms. The molecule has 0 aliphatic heterocycles. The Morgan fingerprint density at radius 1 is 1.00 bits per heavy atom. The van der Waals surface area contributed by atoms with Crippen LogP contribution >= 0.6 is 11.8 Å². The Bertz CT molecular complexity index is 1120. The number of benzene rings is 2. The first-order chi connectivity index (χ1) is 17.4. The number of nitrogens with one attached hydrogen (secondary N) is 2. The molecular weight excluding hydrogens is 488 g/mol. The Balaban J connectivity index is 1.60. The van der Waals surface area contributed by atoms with Gasteiger partial charge in [0.25, 0.3) is 5.91 Å². The fourth-order valence-electron chi connectivity index (χ4n) is 3.06. The number of aromatic nitrogens is 3. The van der Waals surface area contributed by atoms with Crippen LogP contribution < -0.4 is 10.7 Å². The molecule has 0 bridgehead atoms. The zero-order valence-electron chi connectivity index (χ0n) is 19.1. The Morgan fingerprint density at radius 2 is 1.67 bits per heavy atom. The molecule has 2 aromatic carbocycles. The largest absolute Gasteiger partial charge is 0.394 e. The van der Waals surface area contributed by atoms with E-state index in [0.717, 1.165) is 29.4 Å². The zero-order chi connectivity index (χ0) is 25.9. The van der Waals surface area contributed by atoms with Gasteiger partial charge in [0, 0.05) is 11.4 Å². The van der Waals surface area contributed by atoms with Crippen molar-refractivity contribution >= 4 is 29.6 Å². The molecule has 4 atom stereocenters. The first-order valence-electron chi connectivity index (χ1n) is 11.0. The predicted octanol–water partition coefficient (Wildman–Crippen LogP) is -0.491. The summed E-state index contributed by atoms with van der Waals surface area (Å²) in [6, 6.07) is 19.1. The molecule has 0 fully saturated rings. The van der Waals surface area contributed by atoms with E-state index in [9.17, 15) is 25.2 Å². The summed E-state index contributed by atoms with van der Waals surface area (Å²) in [6.45, 7) is -0.395. The van der Waals surface area contributed by atoms with Gasteiger partial charge in [0.05, 0.1) is 25.1 Å². The summed E-state index contributed by atoms with van der Waals surface area (Å²) in [4.78, 5) is 12.2. The van der Waals surface area contributed by atoms with E-state index in [1.165, 1.54) is 0 Å². The lowest BCUT2D eigenvalue weighted by Crippen LogP contribution is -2.46. The molecule has 36 heavy (non-hydrogen) atoms. The molecule has 3 rings (SSSR count). The molecule has 0 saturated carbocycles. The number of rotatable bonds is 13. The van der Waals surface area contributed by atoms with E-state index >= 15 is 0 Å². The number of aliphatic hydroxyl groups is 5. The SMILES string of the molecule is O=C(CSc1nnc(CNc2ccccc2)n1-c1ccccc1)N/N=C/[C@H](O)[C@@H](O)[C@@H](O)[C@H](O)CO. The molecule has 0 saturated heterocycles. The van der Waals surface area contributed by atoms with Gasteiger partial charge in [0.1, 0.15) is 24.4 Å². The third kappa shape index (κ3) is 7.58. The Kier molecular flexibility index (Phi) is 10.4. The number of hydrogen-bond donors (Lipinski definition) is 7. The van der Waals surface area contributed by atoms with Crippen LogP contribution in [0.3, 0.4) is 0 Å². The standard InChI is InChI=1S/C23H28N6O6S/c30-13-18(32)22(35)21(34)17(31)11-25-27-20(33)14-36-23-28-26-19(12-24-15-7-3-1-4-8-15)29(23)16-9-5-2-6-10-16/h1-11,17-18,21-22,24,30-32,34-35H,12-14H2,(H,27,33)/b25-11+/t17-,18+,21+,22-/m0/s1. The summed E-state index contributed by atoms with van der Waals surface area (Å²) in [5, 5.41) is 63.2. The molecule has 3 aromatic rings. The van der Waals surface area contributed by atoms with Crippen LogP contribution in [-0.4, -0.2) is 89.2 Å². The van der Waals surface area contributed by atoms with Crippen LogP contribution in [0, 0.1) is 0 Å². The maximum Gasteiger partial charge on any atom is 0.250 e. The van der Waals surface area contributed by atoms with Crippen molar-refractivity contribution in [3.05, 3.63) is 66.5 Å². The maximum absolute atomic E-state index is 12.2. The fourth-order valence-corrected chi connectivity index (χ4v) is 3.82. The lowest BCUT2D eigenvalue weighted by molar-refractivity contribution is -0.118. The molecule has 192 valence electrons. The van der Waals surface area contributed by atoms with Gasteiger partial charge >= 0.3 is 0 Å². The molecule has 12 nitrogen and oxygen atoms in total. The van der Waals surface area contributed by atoms with Crippen molar-refractivity contribution in [2.45, 2.75) is 36.1 Å². The van der Waals surface area contributed by atoms with Crippen LogP contribution in [0.25, 0.3) is 5.69 Å². The number of hydrazone groups is 1. The number of carbonyl (C=O) groups is 1. The first-order valence-corrected chi connectivity index (χ1v) is 12.0.